The third-order valence-electron chi connectivity index (χ3n) is 12.3. The Bertz CT molecular complexity index is 3230. The molecule has 0 saturated carbocycles. The molecule has 0 amide bonds. The Morgan fingerprint density at radius 2 is 0.881 bits per heavy atom. The van der Waals surface area contributed by atoms with Crippen LogP contribution in [0.5, 0.6) is 0 Å². The maximum Gasteiger partial charge on any atom is 0.161 e. The van der Waals surface area contributed by atoms with E-state index in [1.54, 1.807) is 0 Å². The van der Waals surface area contributed by atoms with Crippen molar-refractivity contribution in [1.82, 2.24) is 9.97 Å². The van der Waals surface area contributed by atoms with Crippen LogP contribution in [0.25, 0.3) is 100.0 Å². The van der Waals surface area contributed by atoms with Gasteiger partial charge in [0.1, 0.15) is 0 Å². The summed E-state index contributed by atoms with van der Waals surface area (Å²) < 4.78 is 0. The van der Waals surface area contributed by atoms with E-state index in [0.29, 0.717) is 5.82 Å². The van der Waals surface area contributed by atoms with E-state index < -0.39 is 0 Å². The molecule has 1 aromatic heterocycles. The Morgan fingerprint density at radius 1 is 0.339 bits per heavy atom. The zero-order valence-electron chi connectivity index (χ0n) is 33.0. The first-order chi connectivity index (χ1) is 29.0. The highest BCUT2D eigenvalue weighted by molar-refractivity contribution is 6.06. The predicted molar refractivity (Wildman–Crippen MR) is 247 cm³/mol. The van der Waals surface area contributed by atoms with Crippen molar-refractivity contribution in [3.63, 3.8) is 0 Å². The smallest absolute Gasteiger partial charge is 0.161 e. The zero-order chi connectivity index (χ0) is 39.5. The Hall–Kier alpha value is -7.42. The normalized spacial score (nSPS) is 12.7. The summed E-state index contributed by atoms with van der Waals surface area (Å²) in [5.74, 6) is 0.704. The second-order valence-corrected chi connectivity index (χ2v) is 16.1. The second-order valence-electron chi connectivity index (χ2n) is 16.1. The number of benzene rings is 9. The molecule has 0 fully saturated rings. The highest BCUT2D eigenvalue weighted by Crippen LogP contribution is 2.54. The van der Waals surface area contributed by atoms with Crippen molar-refractivity contribution in [2.75, 3.05) is 0 Å². The number of nitrogens with zero attached hydrogens (tertiary/aromatic N) is 2. The molecule has 2 heteroatoms. The van der Waals surface area contributed by atoms with Crippen LogP contribution in [0, 0.1) is 0 Å². The van der Waals surface area contributed by atoms with Crippen LogP contribution in [0.4, 0.5) is 0 Å². The van der Waals surface area contributed by atoms with Gasteiger partial charge in [0.05, 0.1) is 11.4 Å². The third kappa shape index (κ3) is 5.79. The minimum atomic E-state index is -0.148. The van der Waals surface area contributed by atoms with Gasteiger partial charge in [-0.3, -0.25) is 0 Å². The first-order valence-electron chi connectivity index (χ1n) is 20.4. The van der Waals surface area contributed by atoms with Gasteiger partial charge in [0, 0.05) is 22.1 Å². The number of aromatic nitrogens is 2. The van der Waals surface area contributed by atoms with Crippen molar-refractivity contribution in [2.24, 2.45) is 0 Å². The molecule has 0 unspecified atom stereocenters. The minimum Gasteiger partial charge on any atom is -0.228 e. The summed E-state index contributed by atoms with van der Waals surface area (Å²) in [6.07, 6.45) is 0. The van der Waals surface area contributed by atoms with Gasteiger partial charge in [-0.05, 0) is 95.4 Å². The Balaban J connectivity index is 1.05. The van der Waals surface area contributed by atoms with Gasteiger partial charge < -0.3 is 0 Å². The molecule has 0 bridgehead atoms. The highest BCUT2D eigenvalue weighted by atomic mass is 14.9. The SMILES string of the molecule is CC1(C)c2ccc3ccccc3c2-c2cccc(-c3cccc(-c4ccc(-c5nc(-c6ccccc6)cc(-c6ccccc6-c6ccccc6)n5)c5ccccc45)c3)c21. The molecule has 0 aliphatic heterocycles. The van der Waals surface area contributed by atoms with Crippen LogP contribution in [0.3, 0.4) is 0 Å². The molecule has 0 saturated heterocycles. The largest absolute Gasteiger partial charge is 0.228 e. The average Bonchev–Trinajstić information content (AvgIpc) is 3.55. The van der Waals surface area contributed by atoms with E-state index in [4.69, 9.17) is 9.97 Å². The lowest BCUT2D eigenvalue weighted by Crippen LogP contribution is -2.16. The standard InChI is InChI=1S/C57H40N2/c1-57(2)51-34-31-38-19-9-10-25-44(38)54(51)50-30-16-29-45(55(50)57)41-23-15-22-40(35-41)43-32-33-49(47-27-13-12-26-46(43)47)56-58-52(39-20-7-4-8-21-39)36-53(59-56)48-28-14-11-24-42(48)37-17-5-3-6-18-37/h3-36H,1-2H3. The van der Waals surface area contributed by atoms with Crippen molar-refractivity contribution >= 4 is 21.5 Å². The van der Waals surface area contributed by atoms with E-state index in [-0.39, 0.29) is 5.41 Å². The summed E-state index contributed by atoms with van der Waals surface area (Å²) in [6, 6.07) is 74.2. The molecule has 1 heterocycles. The molecule has 2 nitrogen and oxygen atoms in total. The van der Waals surface area contributed by atoms with Crippen LogP contribution < -0.4 is 0 Å². The van der Waals surface area contributed by atoms with Crippen LogP contribution >= 0.6 is 0 Å². The molecule has 0 radical (unpaired) electrons. The monoisotopic (exact) mass is 752 g/mol. The van der Waals surface area contributed by atoms with Gasteiger partial charge in [-0.25, -0.2) is 9.97 Å². The van der Waals surface area contributed by atoms with Gasteiger partial charge in [0.15, 0.2) is 5.82 Å². The molecule has 1 aliphatic carbocycles. The zero-order valence-corrected chi connectivity index (χ0v) is 33.0. The molecule has 0 N–H and O–H groups in total. The summed E-state index contributed by atoms with van der Waals surface area (Å²) in [4.78, 5) is 10.6. The second kappa shape index (κ2) is 13.9. The van der Waals surface area contributed by atoms with E-state index in [9.17, 15) is 0 Å². The van der Waals surface area contributed by atoms with E-state index in [1.165, 1.54) is 60.7 Å². The average molecular weight is 753 g/mol. The van der Waals surface area contributed by atoms with Crippen molar-refractivity contribution in [2.45, 2.75) is 19.3 Å². The molecule has 0 atom stereocenters. The lowest BCUT2D eigenvalue weighted by atomic mass is 9.78. The lowest BCUT2D eigenvalue weighted by molar-refractivity contribution is 0.662. The van der Waals surface area contributed by atoms with Crippen LogP contribution in [0.15, 0.2) is 206 Å². The van der Waals surface area contributed by atoms with Crippen molar-refractivity contribution in [3.05, 3.63) is 217 Å². The molecule has 278 valence electrons. The molecule has 1 aliphatic rings. The quantitative estimate of drug-likeness (QED) is 0.169. The summed E-state index contributed by atoms with van der Waals surface area (Å²) in [5, 5.41) is 4.88. The maximum atomic E-state index is 5.36. The van der Waals surface area contributed by atoms with Crippen molar-refractivity contribution < 1.29 is 0 Å². The van der Waals surface area contributed by atoms with Gasteiger partial charge in [-0.1, -0.05) is 202 Å². The van der Waals surface area contributed by atoms with Gasteiger partial charge in [0.25, 0.3) is 0 Å². The van der Waals surface area contributed by atoms with Crippen LogP contribution in [0.1, 0.15) is 25.0 Å². The Kier molecular flexibility index (Phi) is 8.20. The first-order valence-corrected chi connectivity index (χ1v) is 20.4. The van der Waals surface area contributed by atoms with Crippen molar-refractivity contribution in [3.8, 4) is 78.4 Å². The molecule has 11 rings (SSSR count). The van der Waals surface area contributed by atoms with Gasteiger partial charge in [0.2, 0.25) is 0 Å². The molecule has 9 aromatic carbocycles. The minimum absolute atomic E-state index is 0.148. The van der Waals surface area contributed by atoms with Crippen LogP contribution in [-0.2, 0) is 5.41 Å². The molecule has 59 heavy (non-hydrogen) atoms. The van der Waals surface area contributed by atoms with Crippen LogP contribution in [0.2, 0.25) is 0 Å². The molecule has 0 spiro atoms. The summed E-state index contributed by atoms with van der Waals surface area (Å²) in [7, 11) is 0. The maximum absolute atomic E-state index is 5.36. The van der Waals surface area contributed by atoms with Gasteiger partial charge in [-0.15, -0.1) is 0 Å². The third-order valence-corrected chi connectivity index (χ3v) is 12.3. The van der Waals surface area contributed by atoms with Crippen LogP contribution in [-0.4, -0.2) is 9.97 Å². The van der Waals surface area contributed by atoms with E-state index in [2.05, 4.69) is 214 Å². The molecular weight excluding hydrogens is 713 g/mol. The Morgan fingerprint density at radius 3 is 1.66 bits per heavy atom. The molecular formula is C57H40N2. The number of rotatable bonds is 6. The highest BCUT2D eigenvalue weighted by Gasteiger charge is 2.38. The summed E-state index contributed by atoms with van der Waals surface area (Å²) in [5.41, 5.74) is 17.4. The van der Waals surface area contributed by atoms with Gasteiger partial charge in [-0.2, -0.15) is 0 Å². The Labute approximate surface area is 345 Å². The van der Waals surface area contributed by atoms with Gasteiger partial charge >= 0.3 is 0 Å². The fourth-order valence-corrected chi connectivity index (χ4v) is 9.53. The topological polar surface area (TPSA) is 25.8 Å². The van der Waals surface area contributed by atoms with E-state index >= 15 is 0 Å². The fraction of sp³-hybridized carbons (Fsp3) is 0.0526. The van der Waals surface area contributed by atoms with E-state index in [0.717, 1.165) is 44.6 Å². The fourth-order valence-electron chi connectivity index (χ4n) is 9.53. The number of hydrogen-bond donors (Lipinski definition) is 0. The number of hydrogen-bond acceptors (Lipinski definition) is 2. The molecule has 10 aromatic rings. The van der Waals surface area contributed by atoms with E-state index in [1.807, 2.05) is 6.07 Å². The predicted octanol–water partition coefficient (Wildman–Crippen LogP) is 15.1. The first kappa shape index (κ1) is 34.8. The summed E-state index contributed by atoms with van der Waals surface area (Å²) in [6.45, 7) is 4.76. The van der Waals surface area contributed by atoms with Crippen molar-refractivity contribution in [1.29, 1.82) is 0 Å². The lowest BCUT2D eigenvalue weighted by Gasteiger charge is -2.25. The summed E-state index contributed by atoms with van der Waals surface area (Å²) >= 11 is 0. The number of fused-ring (bicyclic) bond motifs is 6.